The van der Waals surface area contributed by atoms with Crippen molar-refractivity contribution >= 4 is 17.0 Å². The van der Waals surface area contributed by atoms with Gasteiger partial charge in [0.2, 0.25) is 0 Å². The average Bonchev–Trinajstić information content (AvgIpc) is 3.05. The summed E-state index contributed by atoms with van der Waals surface area (Å²) in [5.41, 5.74) is 1.95. The van der Waals surface area contributed by atoms with Crippen LogP contribution < -0.4 is 4.74 Å². The number of aromatic nitrogens is 5. The van der Waals surface area contributed by atoms with Gasteiger partial charge in [0, 0.05) is 13.6 Å². The van der Waals surface area contributed by atoms with Crippen LogP contribution in [0.2, 0.25) is 0 Å². The van der Waals surface area contributed by atoms with E-state index in [0.29, 0.717) is 16.8 Å². The Hall–Kier alpha value is -2.70. The molecule has 0 unspecified atom stereocenters. The van der Waals surface area contributed by atoms with Gasteiger partial charge in [0.15, 0.2) is 5.75 Å². The van der Waals surface area contributed by atoms with Crippen LogP contribution in [-0.4, -0.2) is 30.7 Å². The fraction of sp³-hybridized carbons (Fsp3) is 0.231. The highest BCUT2D eigenvalue weighted by molar-refractivity contribution is 5.94. The van der Waals surface area contributed by atoms with Crippen LogP contribution in [0.3, 0.4) is 0 Å². The maximum atomic E-state index is 12.0. The molecule has 0 saturated heterocycles. The molecule has 0 fully saturated rings. The van der Waals surface area contributed by atoms with E-state index >= 15 is 0 Å². The summed E-state index contributed by atoms with van der Waals surface area (Å²) in [5, 5.41) is 11.9. The number of carbonyl (C=O) groups excluding carboxylic acids is 1. The van der Waals surface area contributed by atoms with Crippen LogP contribution in [0, 0.1) is 0 Å². The number of esters is 1. The number of fused-ring (bicyclic) bond motifs is 1. The van der Waals surface area contributed by atoms with E-state index in [1.54, 1.807) is 40.8 Å². The first-order chi connectivity index (χ1) is 9.67. The monoisotopic (exact) mass is 271 g/mol. The lowest BCUT2D eigenvalue weighted by Gasteiger charge is -2.01. The third-order valence-electron chi connectivity index (χ3n) is 2.99. The summed E-state index contributed by atoms with van der Waals surface area (Å²) >= 11 is 0. The zero-order chi connectivity index (χ0) is 14.1. The molecule has 0 aliphatic rings. The van der Waals surface area contributed by atoms with Crippen LogP contribution >= 0.6 is 0 Å². The van der Waals surface area contributed by atoms with Crippen LogP contribution in [0.1, 0.15) is 17.3 Å². The first kappa shape index (κ1) is 12.3. The summed E-state index contributed by atoms with van der Waals surface area (Å²) in [6.07, 6.45) is 3.20. The number of carbonyl (C=O) groups is 1. The van der Waals surface area contributed by atoms with E-state index in [-0.39, 0.29) is 0 Å². The van der Waals surface area contributed by atoms with E-state index in [9.17, 15) is 4.79 Å². The molecule has 0 radical (unpaired) electrons. The molecule has 0 atom stereocenters. The average molecular weight is 271 g/mol. The number of benzene rings is 1. The van der Waals surface area contributed by atoms with E-state index < -0.39 is 5.97 Å². The summed E-state index contributed by atoms with van der Waals surface area (Å²) in [7, 11) is 1.80. The summed E-state index contributed by atoms with van der Waals surface area (Å²) in [4.78, 5) is 12.0. The van der Waals surface area contributed by atoms with Crippen LogP contribution in [-0.2, 0) is 13.6 Å². The number of hydrogen-bond donors (Lipinski definition) is 0. The second-order valence-electron chi connectivity index (χ2n) is 4.34. The molecule has 2 aromatic heterocycles. The lowest BCUT2D eigenvalue weighted by Crippen LogP contribution is -2.08. The Labute approximate surface area is 114 Å². The van der Waals surface area contributed by atoms with Crippen LogP contribution in [0.25, 0.3) is 11.0 Å². The molecule has 1 aromatic carbocycles. The molecule has 3 rings (SSSR count). The molecule has 7 nitrogen and oxygen atoms in total. The third kappa shape index (κ3) is 2.13. The van der Waals surface area contributed by atoms with Gasteiger partial charge >= 0.3 is 5.97 Å². The minimum absolute atomic E-state index is 0.427. The van der Waals surface area contributed by atoms with Crippen molar-refractivity contribution < 1.29 is 9.53 Å². The van der Waals surface area contributed by atoms with Crippen molar-refractivity contribution in [3.05, 3.63) is 36.2 Å². The smallest absolute Gasteiger partial charge is 0.343 e. The van der Waals surface area contributed by atoms with Crippen LogP contribution in [0.15, 0.2) is 30.6 Å². The third-order valence-corrected chi connectivity index (χ3v) is 2.99. The van der Waals surface area contributed by atoms with Crippen molar-refractivity contribution in [3.63, 3.8) is 0 Å². The lowest BCUT2D eigenvalue weighted by molar-refractivity contribution is 0.0734. The summed E-state index contributed by atoms with van der Waals surface area (Å²) < 4.78 is 8.60. The highest BCUT2D eigenvalue weighted by Crippen LogP contribution is 2.15. The van der Waals surface area contributed by atoms with Gasteiger partial charge in [-0.1, -0.05) is 5.21 Å². The molecule has 0 saturated carbocycles. The lowest BCUT2D eigenvalue weighted by atomic mass is 10.2. The first-order valence-electron chi connectivity index (χ1n) is 6.21. The molecule has 20 heavy (non-hydrogen) atoms. The minimum atomic E-state index is -0.437. The van der Waals surface area contributed by atoms with Gasteiger partial charge in [-0.25, -0.2) is 9.48 Å². The fourth-order valence-corrected chi connectivity index (χ4v) is 1.90. The second-order valence-corrected chi connectivity index (χ2v) is 4.34. The Bertz CT molecular complexity index is 774. The molecule has 3 aromatic rings. The van der Waals surface area contributed by atoms with E-state index in [2.05, 4.69) is 15.4 Å². The highest BCUT2D eigenvalue weighted by atomic mass is 16.5. The normalized spacial score (nSPS) is 10.9. The zero-order valence-corrected chi connectivity index (χ0v) is 11.1. The van der Waals surface area contributed by atoms with E-state index in [4.69, 9.17) is 4.74 Å². The Balaban J connectivity index is 1.84. The maximum absolute atomic E-state index is 12.0. The number of nitrogens with zero attached hydrogens (tertiary/aromatic N) is 5. The van der Waals surface area contributed by atoms with Crippen LogP contribution in [0.4, 0.5) is 0 Å². The van der Waals surface area contributed by atoms with Crippen molar-refractivity contribution in [1.82, 2.24) is 24.8 Å². The molecule has 2 heterocycles. The maximum Gasteiger partial charge on any atom is 0.343 e. The predicted octanol–water partition coefficient (Wildman–Crippen LogP) is 1.40. The Morgan fingerprint density at radius 3 is 3.00 bits per heavy atom. The second kappa shape index (κ2) is 4.76. The summed E-state index contributed by atoms with van der Waals surface area (Å²) in [6.45, 7) is 2.68. The van der Waals surface area contributed by atoms with Gasteiger partial charge < -0.3 is 4.74 Å². The first-order valence-corrected chi connectivity index (χ1v) is 6.21. The largest absolute Gasteiger partial charge is 0.420 e. The SMILES string of the molecule is CCn1cc(OC(=O)c2ccc3c(c2)nnn3C)cn1. The summed E-state index contributed by atoms with van der Waals surface area (Å²) in [5.74, 6) is -0.00991. The number of aryl methyl sites for hydroxylation is 2. The number of hydrogen-bond acceptors (Lipinski definition) is 5. The fourth-order valence-electron chi connectivity index (χ4n) is 1.90. The van der Waals surface area contributed by atoms with Gasteiger partial charge in [-0.3, -0.25) is 4.68 Å². The quantitative estimate of drug-likeness (QED) is 0.673. The van der Waals surface area contributed by atoms with Crippen molar-refractivity contribution in [2.45, 2.75) is 13.5 Å². The number of rotatable bonds is 3. The Morgan fingerprint density at radius 1 is 1.40 bits per heavy atom. The van der Waals surface area contributed by atoms with Gasteiger partial charge in [0.1, 0.15) is 5.52 Å². The standard InChI is InChI=1S/C13H13N5O2/c1-3-18-8-10(7-14-18)20-13(19)9-4-5-12-11(6-9)15-16-17(12)2/h4-8H,3H2,1-2H3. The molecule has 0 N–H and O–H groups in total. The van der Waals surface area contributed by atoms with Gasteiger partial charge in [-0.15, -0.1) is 5.10 Å². The molecule has 7 heteroatoms. The van der Waals surface area contributed by atoms with Gasteiger partial charge in [0.25, 0.3) is 0 Å². The molecular formula is C13H13N5O2. The van der Waals surface area contributed by atoms with E-state index in [1.165, 1.54) is 6.20 Å². The molecular weight excluding hydrogens is 258 g/mol. The number of ether oxygens (including phenoxy) is 1. The van der Waals surface area contributed by atoms with Crippen molar-refractivity contribution in [2.24, 2.45) is 7.05 Å². The van der Waals surface area contributed by atoms with Gasteiger partial charge in [0.05, 0.1) is 23.5 Å². The van der Waals surface area contributed by atoms with E-state index in [0.717, 1.165) is 12.1 Å². The van der Waals surface area contributed by atoms with Crippen LogP contribution in [0.5, 0.6) is 5.75 Å². The van der Waals surface area contributed by atoms with Crippen molar-refractivity contribution in [3.8, 4) is 5.75 Å². The minimum Gasteiger partial charge on any atom is -0.420 e. The highest BCUT2D eigenvalue weighted by Gasteiger charge is 2.12. The molecule has 0 bridgehead atoms. The predicted molar refractivity (Wildman–Crippen MR) is 71.4 cm³/mol. The van der Waals surface area contributed by atoms with Crippen molar-refractivity contribution in [2.75, 3.05) is 0 Å². The Kier molecular flexibility index (Phi) is 2.94. The molecule has 0 aliphatic heterocycles. The van der Waals surface area contributed by atoms with Gasteiger partial charge in [-0.05, 0) is 25.1 Å². The Morgan fingerprint density at radius 2 is 2.25 bits per heavy atom. The molecule has 0 aliphatic carbocycles. The molecule has 0 amide bonds. The van der Waals surface area contributed by atoms with Crippen molar-refractivity contribution in [1.29, 1.82) is 0 Å². The summed E-state index contributed by atoms with van der Waals surface area (Å²) in [6, 6.07) is 5.15. The topological polar surface area (TPSA) is 74.8 Å². The van der Waals surface area contributed by atoms with Gasteiger partial charge in [-0.2, -0.15) is 5.10 Å². The zero-order valence-electron chi connectivity index (χ0n) is 11.1. The molecule has 102 valence electrons. The van der Waals surface area contributed by atoms with E-state index in [1.807, 2.05) is 6.92 Å². The molecule has 0 spiro atoms.